The number of aromatic nitrogens is 1. The number of hydrogen-bond acceptors (Lipinski definition) is 3. The Hall–Kier alpha value is -1.88. The molecule has 0 aliphatic carbocycles. The molecule has 5 nitrogen and oxygen atoms in total. The number of nitro benzene ring substituents is 1. The van der Waals surface area contributed by atoms with Crippen molar-refractivity contribution in [3.63, 3.8) is 0 Å². The van der Waals surface area contributed by atoms with Gasteiger partial charge in [0.1, 0.15) is 5.52 Å². The van der Waals surface area contributed by atoms with Crippen molar-refractivity contribution in [3.8, 4) is 0 Å². The second kappa shape index (κ2) is 3.36. The number of pyridine rings is 1. The van der Waals surface area contributed by atoms with E-state index in [1.807, 2.05) is 0 Å². The number of nitro groups is 1. The molecular weight excluding hydrogens is 220 g/mol. The van der Waals surface area contributed by atoms with Crippen LogP contribution in [0.1, 0.15) is 0 Å². The molecular formula is C9H5ClN2O3. The number of halogens is 1. The second-order valence-corrected chi connectivity index (χ2v) is 3.38. The molecule has 0 atom stereocenters. The molecule has 15 heavy (non-hydrogen) atoms. The molecule has 0 unspecified atom stereocenters. The largest absolute Gasteiger partial charge is 0.355 e. The van der Waals surface area contributed by atoms with Crippen LogP contribution < -0.4 is 5.43 Å². The van der Waals surface area contributed by atoms with E-state index in [0.29, 0.717) is 0 Å². The minimum atomic E-state index is -0.579. The highest BCUT2D eigenvalue weighted by molar-refractivity contribution is 6.31. The third kappa shape index (κ3) is 1.57. The molecule has 0 fully saturated rings. The van der Waals surface area contributed by atoms with E-state index in [4.69, 9.17) is 11.6 Å². The van der Waals surface area contributed by atoms with Gasteiger partial charge in [-0.3, -0.25) is 14.9 Å². The third-order valence-corrected chi connectivity index (χ3v) is 2.23. The Kier molecular flexibility index (Phi) is 2.17. The van der Waals surface area contributed by atoms with Crippen molar-refractivity contribution in [1.82, 2.24) is 4.98 Å². The highest BCUT2D eigenvalue weighted by Crippen LogP contribution is 2.25. The summed E-state index contributed by atoms with van der Waals surface area (Å²) in [6, 6.07) is 3.91. The number of nitrogens with zero attached hydrogens (tertiary/aromatic N) is 1. The van der Waals surface area contributed by atoms with Crippen LogP contribution in [0.4, 0.5) is 5.69 Å². The molecule has 0 aliphatic rings. The summed E-state index contributed by atoms with van der Waals surface area (Å²) in [5.74, 6) is 0. The molecule has 76 valence electrons. The molecule has 2 aromatic rings. The molecule has 1 aromatic heterocycles. The Morgan fingerprint density at radius 3 is 2.80 bits per heavy atom. The first-order chi connectivity index (χ1) is 7.09. The van der Waals surface area contributed by atoms with E-state index in [-0.39, 0.29) is 27.0 Å². The van der Waals surface area contributed by atoms with Crippen LogP contribution >= 0.6 is 11.6 Å². The maximum absolute atomic E-state index is 11.4. The summed E-state index contributed by atoms with van der Waals surface area (Å²) in [7, 11) is 0. The number of rotatable bonds is 1. The fourth-order valence-corrected chi connectivity index (χ4v) is 1.59. The summed E-state index contributed by atoms with van der Waals surface area (Å²) in [5, 5.41) is 11.1. The fourth-order valence-electron chi connectivity index (χ4n) is 1.37. The average Bonchev–Trinajstić information content (AvgIpc) is 2.18. The summed E-state index contributed by atoms with van der Waals surface area (Å²) in [6.07, 6.45) is 1.37. The van der Waals surface area contributed by atoms with Crippen molar-refractivity contribution in [2.45, 2.75) is 0 Å². The summed E-state index contributed by atoms with van der Waals surface area (Å²) >= 11 is 5.68. The van der Waals surface area contributed by atoms with Crippen molar-refractivity contribution in [1.29, 1.82) is 0 Å². The van der Waals surface area contributed by atoms with Crippen LogP contribution in [-0.4, -0.2) is 9.91 Å². The van der Waals surface area contributed by atoms with Crippen LogP contribution in [-0.2, 0) is 0 Å². The zero-order valence-electron chi connectivity index (χ0n) is 7.36. The minimum absolute atomic E-state index is 0.172. The Morgan fingerprint density at radius 1 is 1.40 bits per heavy atom. The molecule has 0 aliphatic heterocycles. The van der Waals surface area contributed by atoms with Crippen molar-refractivity contribution in [3.05, 3.63) is 49.8 Å². The zero-order chi connectivity index (χ0) is 11.0. The normalized spacial score (nSPS) is 10.5. The van der Waals surface area contributed by atoms with Crippen LogP contribution in [0.2, 0.25) is 5.02 Å². The van der Waals surface area contributed by atoms with Gasteiger partial charge in [-0.1, -0.05) is 11.6 Å². The van der Waals surface area contributed by atoms with Crippen molar-refractivity contribution in [2.24, 2.45) is 0 Å². The van der Waals surface area contributed by atoms with Crippen LogP contribution in [0, 0.1) is 10.1 Å². The molecule has 0 amide bonds. The van der Waals surface area contributed by atoms with Gasteiger partial charge in [0, 0.05) is 23.4 Å². The van der Waals surface area contributed by atoms with Gasteiger partial charge in [0.15, 0.2) is 5.43 Å². The van der Waals surface area contributed by atoms with Gasteiger partial charge in [0.25, 0.3) is 5.69 Å². The van der Waals surface area contributed by atoms with Gasteiger partial charge in [0.2, 0.25) is 0 Å². The number of hydrogen-bond donors (Lipinski definition) is 1. The maximum Gasteiger partial charge on any atom is 0.294 e. The lowest BCUT2D eigenvalue weighted by molar-refractivity contribution is -0.383. The van der Waals surface area contributed by atoms with Gasteiger partial charge in [0.05, 0.1) is 10.3 Å². The molecule has 2 rings (SSSR count). The van der Waals surface area contributed by atoms with Gasteiger partial charge in [-0.2, -0.15) is 0 Å². The fraction of sp³-hybridized carbons (Fsp3) is 0. The lowest BCUT2D eigenvalue weighted by atomic mass is 10.2. The van der Waals surface area contributed by atoms with E-state index in [0.717, 1.165) is 0 Å². The van der Waals surface area contributed by atoms with Gasteiger partial charge < -0.3 is 4.98 Å². The van der Waals surface area contributed by atoms with E-state index < -0.39 is 4.92 Å². The predicted octanol–water partition coefficient (Wildman–Crippen LogP) is 2.09. The Balaban J connectivity index is 2.99. The number of benzene rings is 1. The molecule has 1 N–H and O–H groups in total. The third-order valence-electron chi connectivity index (χ3n) is 2.01. The quantitative estimate of drug-likeness (QED) is 0.595. The SMILES string of the molecule is O=c1cc[nH]c2c([N+](=O)[O-])cc(Cl)cc12. The summed E-state index contributed by atoms with van der Waals surface area (Å²) in [6.45, 7) is 0. The average molecular weight is 225 g/mol. The van der Waals surface area contributed by atoms with Gasteiger partial charge in [-0.15, -0.1) is 0 Å². The van der Waals surface area contributed by atoms with Crippen LogP contribution in [0.5, 0.6) is 0 Å². The first kappa shape index (κ1) is 9.67. The molecule has 0 spiro atoms. The number of H-pyrrole nitrogens is 1. The van der Waals surface area contributed by atoms with Crippen LogP contribution in [0.15, 0.2) is 29.2 Å². The Labute approximate surface area is 88.5 Å². The molecule has 1 aromatic carbocycles. The van der Waals surface area contributed by atoms with E-state index in [9.17, 15) is 14.9 Å². The maximum atomic E-state index is 11.4. The first-order valence-electron chi connectivity index (χ1n) is 4.05. The van der Waals surface area contributed by atoms with Gasteiger partial charge in [-0.05, 0) is 6.07 Å². The highest BCUT2D eigenvalue weighted by atomic mass is 35.5. The summed E-state index contributed by atoms with van der Waals surface area (Å²) < 4.78 is 0. The van der Waals surface area contributed by atoms with Crippen LogP contribution in [0.25, 0.3) is 10.9 Å². The minimum Gasteiger partial charge on any atom is -0.355 e. The standard InChI is InChI=1S/C9H5ClN2O3/c10-5-3-6-8(13)1-2-11-9(6)7(4-5)12(14)15/h1-4H,(H,11,13). The van der Waals surface area contributed by atoms with E-state index in [2.05, 4.69) is 4.98 Å². The lowest BCUT2D eigenvalue weighted by Crippen LogP contribution is -2.02. The van der Waals surface area contributed by atoms with E-state index >= 15 is 0 Å². The molecule has 0 saturated carbocycles. The van der Waals surface area contributed by atoms with E-state index in [1.54, 1.807) is 0 Å². The summed E-state index contributed by atoms with van der Waals surface area (Å²) in [4.78, 5) is 24.2. The topological polar surface area (TPSA) is 76.0 Å². The van der Waals surface area contributed by atoms with Crippen LogP contribution in [0.3, 0.4) is 0 Å². The highest BCUT2D eigenvalue weighted by Gasteiger charge is 2.14. The van der Waals surface area contributed by atoms with Crippen molar-refractivity contribution >= 4 is 28.2 Å². The smallest absolute Gasteiger partial charge is 0.294 e. The van der Waals surface area contributed by atoms with Crippen molar-refractivity contribution in [2.75, 3.05) is 0 Å². The van der Waals surface area contributed by atoms with Gasteiger partial charge in [-0.25, -0.2) is 0 Å². The second-order valence-electron chi connectivity index (χ2n) is 2.95. The zero-order valence-corrected chi connectivity index (χ0v) is 8.12. The molecule has 0 saturated heterocycles. The first-order valence-corrected chi connectivity index (χ1v) is 4.43. The monoisotopic (exact) mass is 224 g/mol. The lowest BCUT2D eigenvalue weighted by Gasteiger charge is -1.99. The molecule has 6 heteroatoms. The number of aromatic amines is 1. The van der Waals surface area contributed by atoms with Gasteiger partial charge >= 0.3 is 0 Å². The Morgan fingerprint density at radius 2 is 2.13 bits per heavy atom. The van der Waals surface area contributed by atoms with E-state index in [1.165, 1.54) is 24.4 Å². The number of fused-ring (bicyclic) bond motifs is 1. The molecule has 0 bridgehead atoms. The molecule has 0 radical (unpaired) electrons. The number of nitrogens with one attached hydrogen (secondary N) is 1. The molecule has 1 heterocycles. The summed E-state index contributed by atoms with van der Waals surface area (Å²) in [5.41, 5.74) is -0.304. The Bertz CT molecular complexity index is 606. The predicted molar refractivity (Wildman–Crippen MR) is 56.2 cm³/mol. The number of non-ortho nitro benzene ring substituents is 1. The van der Waals surface area contributed by atoms with Crippen molar-refractivity contribution < 1.29 is 4.92 Å².